The zero-order valence-corrected chi connectivity index (χ0v) is 20.0. The number of carbonyl (C=O) groups is 1. The largest absolute Gasteiger partial charge is 0.496 e. The van der Waals surface area contributed by atoms with E-state index >= 15 is 0 Å². The van der Waals surface area contributed by atoms with E-state index in [0.717, 1.165) is 26.9 Å². The van der Waals surface area contributed by atoms with Gasteiger partial charge in [0.1, 0.15) is 23.7 Å². The number of aromatic nitrogens is 2. The molecule has 31 heavy (non-hydrogen) atoms. The van der Waals surface area contributed by atoms with Gasteiger partial charge >= 0.3 is 0 Å². The number of halogens is 2. The van der Waals surface area contributed by atoms with Crippen LogP contribution in [-0.2, 0) is 17.6 Å². The van der Waals surface area contributed by atoms with E-state index in [2.05, 4.69) is 37.9 Å². The maximum absolute atomic E-state index is 13.1. The Balaban J connectivity index is 1.74. The van der Waals surface area contributed by atoms with Gasteiger partial charge in [0.15, 0.2) is 5.16 Å². The van der Waals surface area contributed by atoms with Gasteiger partial charge in [-0.3, -0.25) is 4.79 Å². The van der Waals surface area contributed by atoms with Gasteiger partial charge in [-0.25, -0.2) is 9.37 Å². The number of nitrogens with one attached hydrogen (secondary N) is 1. The Morgan fingerprint density at radius 2 is 1.94 bits per heavy atom. The molecule has 0 aliphatic heterocycles. The fraction of sp³-hybridized carbons (Fsp3) is 0.227. The molecule has 0 unspecified atom stereocenters. The number of methoxy groups -OCH3 is 1. The molecule has 0 radical (unpaired) electrons. The van der Waals surface area contributed by atoms with Crippen LogP contribution in [0.1, 0.15) is 27.0 Å². The van der Waals surface area contributed by atoms with Crippen LogP contribution >= 0.6 is 34.4 Å². The number of thioether (sulfide) groups is 1. The van der Waals surface area contributed by atoms with Crippen molar-refractivity contribution < 1.29 is 18.7 Å². The number of benzene rings is 2. The molecular weight excluding hydrogens is 532 g/mol. The monoisotopic (exact) mass is 553 g/mol. The molecule has 0 saturated carbocycles. The third-order valence-electron chi connectivity index (χ3n) is 4.39. The zero-order valence-electron chi connectivity index (χ0n) is 17.0. The Hall–Kier alpha value is -2.40. The molecule has 1 aromatic heterocycles. The van der Waals surface area contributed by atoms with Crippen LogP contribution < -0.4 is 14.8 Å². The quantitative estimate of drug-likeness (QED) is 0.178. The predicted molar refractivity (Wildman–Crippen MR) is 126 cm³/mol. The van der Waals surface area contributed by atoms with Crippen molar-refractivity contribution in [2.75, 3.05) is 13.4 Å². The molecule has 3 aromatic rings. The standard InChI is InChI=1S/C22H21FIN3O3S/c1-29-19-8-5-15(9-16(19)10-24)13-30-21-18(12-26-22(27-21)31-2)20(28)25-11-14-3-6-17(23)7-4-14/h3-9,12H,10-11,13H2,1-2H3,(H,25,28). The number of hydrogen-bond acceptors (Lipinski definition) is 6. The van der Waals surface area contributed by atoms with Crippen LogP contribution in [-0.4, -0.2) is 29.2 Å². The molecule has 0 aliphatic rings. The summed E-state index contributed by atoms with van der Waals surface area (Å²) in [6, 6.07) is 11.8. The summed E-state index contributed by atoms with van der Waals surface area (Å²) in [5.74, 6) is 0.347. The number of alkyl halides is 1. The highest BCUT2D eigenvalue weighted by molar-refractivity contribution is 14.1. The summed E-state index contributed by atoms with van der Waals surface area (Å²) in [5.41, 5.74) is 3.02. The third kappa shape index (κ3) is 6.30. The Morgan fingerprint density at radius 3 is 2.61 bits per heavy atom. The van der Waals surface area contributed by atoms with Crippen LogP contribution in [0.3, 0.4) is 0 Å². The molecule has 1 N–H and O–H groups in total. The van der Waals surface area contributed by atoms with Crippen molar-refractivity contribution in [1.82, 2.24) is 15.3 Å². The van der Waals surface area contributed by atoms with Gasteiger partial charge in [0.25, 0.3) is 5.91 Å². The molecule has 0 bridgehead atoms. The second-order valence-corrected chi connectivity index (χ2v) is 7.99. The van der Waals surface area contributed by atoms with Crippen LogP contribution in [0.5, 0.6) is 11.6 Å². The molecule has 2 aromatic carbocycles. The Bertz CT molecular complexity index is 1050. The lowest BCUT2D eigenvalue weighted by atomic mass is 10.1. The Kier molecular flexibility index (Phi) is 8.47. The number of nitrogens with zero attached hydrogens (tertiary/aromatic N) is 2. The molecule has 162 valence electrons. The van der Waals surface area contributed by atoms with Gasteiger partial charge < -0.3 is 14.8 Å². The van der Waals surface area contributed by atoms with Crippen LogP contribution in [0, 0.1) is 5.82 Å². The van der Waals surface area contributed by atoms with Crippen LogP contribution in [0.4, 0.5) is 4.39 Å². The first kappa shape index (κ1) is 23.3. The topological polar surface area (TPSA) is 73.3 Å². The number of amides is 1. The van der Waals surface area contributed by atoms with Gasteiger partial charge in [-0.2, -0.15) is 4.98 Å². The summed E-state index contributed by atoms with van der Waals surface area (Å²) >= 11 is 3.64. The number of ether oxygens (including phenoxy) is 2. The molecule has 0 spiro atoms. The highest BCUT2D eigenvalue weighted by atomic mass is 127. The smallest absolute Gasteiger partial charge is 0.258 e. The number of hydrogen-bond donors (Lipinski definition) is 1. The van der Waals surface area contributed by atoms with Crippen LogP contribution in [0.15, 0.2) is 53.8 Å². The van der Waals surface area contributed by atoms with Crippen molar-refractivity contribution in [1.29, 1.82) is 0 Å². The second-order valence-electron chi connectivity index (χ2n) is 6.45. The maximum atomic E-state index is 13.1. The minimum atomic E-state index is -0.366. The fourth-order valence-electron chi connectivity index (χ4n) is 2.77. The van der Waals surface area contributed by atoms with Crippen LogP contribution in [0.2, 0.25) is 0 Å². The van der Waals surface area contributed by atoms with E-state index in [1.165, 1.54) is 30.1 Å². The molecule has 0 atom stereocenters. The summed E-state index contributed by atoms with van der Waals surface area (Å²) in [6.07, 6.45) is 3.31. The first-order valence-corrected chi connectivity index (χ1v) is 12.1. The Labute approximate surface area is 198 Å². The van der Waals surface area contributed by atoms with E-state index in [4.69, 9.17) is 9.47 Å². The molecule has 0 aliphatic carbocycles. The third-order valence-corrected chi connectivity index (χ3v) is 5.77. The highest BCUT2D eigenvalue weighted by Crippen LogP contribution is 2.24. The van der Waals surface area contributed by atoms with Gasteiger partial charge in [0, 0.05) is 22.7 Å². The molecule has 0 saturated heterocycles. The van der Waals surface area contributed by atoms with E-state index in [1.54, 1.807) is 19.2 Å². The lowest BCUT2D eigenvalue weighted by molar-refractivity contribution is 0.0944. The van der Waals surface area contributed by atoms with Gasteiger partial charge in [-0.1, -0.05) is 52.6 Å². The molecule has 0 fully saturated rings. The van der Waals surface area contributed by atoms with Crippen molar-refractivity contribution in [2.45, 2.75) is 22.7 Å². The normalized spacial score (nSPS) is 10.6. The van der Waals surface area contributed by atoms with Crippen molar-refractivity contribution in [3.63, 3.8) is 0 Å². The van der Waals surface area contributed by atoms with Crippen molar-refractivity contribution in [2.24, 2.45) is 0 Å². The van der Waals surface area contributed by atoms with Gasteiger partial charge in [-0.05, 0) is 41.6 Å². The summed E-state index contributed by atoms with van der Waals surface area (Å²) in [7, 11) is 1.64. The second kappa shape index (κ2) is 11.3. The molecule has 3 rings (SSSR count). The summed E-state index contributed by atoms with van der Waals surface area (Å²) in [4.78, 5) is 21.3. The fourth-order valence-corrected chi connectivity index (χ4v) is 3.70. The molecule has 6 nitrogen and oxygen atoms in total. The molecular formula is C22H21FIN3O3S. The number of rotatable bonds is 9. The van der Waals surface area contributed by atoms with Crippen molar-refractivity contribution in [3.05, 3.63) is 76.7 Å². The van der Waals surface area contributed by atoms with Crippen LogP contribution in [0.25, 0.3) is 0 Å². The predicted octanol–water partition coefficient (Wildman–Crippen LogP) is 4.79. The SMILES string of the molecule is COc1ccc(COc2nc(SC)ncc2C(=O)NCc2ccc(F)cc2)cc1CI. The minimum Gasteiger partial charge on any atom is -0.496 e. The van der Waals surface area contributed by atoms with E-state index < -0.39 is 0 Å². The minimum absolute atomic E-state index is 0.211. The average molecular weight is 553 g/mol. The highest BCUT2D eigenvalue weighted by Gasteiger charge is 2.17. The van der Waals surface area contributed by atoms with E-state index in [1.807, 2.05) is 24.5 Å². The van der Waals surface area contributed by atoms with Gasteiger partial charge in [0.05, 0.1) is 7.11 Å². The average Bonchev–Trinajstić information content (AvgIpc) is 2.81. The van der Waals surface area contributed by atoms with E-state index in [0.29, 0.717) is 5.16 Å². The first-order valence-electron chi connectivity index (χ1n) is 9.32. The zero-order chi connectivity index (χ0) is 22.2. The lowest BCUT2D eigenvalue weighted by Crippen LogP contribution is -2.24. The Morgan fingerprint density at radius 1 is 1.19 bits per heavy atom. The van der Waals surface area contributed by atoms with E-state index in [9.17, 15) is 9.18 Å². The van der Waals surface area contributed by atoms with Crippen molar-refractivity contribution >= 4 is 40.3 Å². The van der Waals surface area contributed by atoms with Gasteiger partial charge in [0.2, 0.25) is 5.88 Å². The summed E-state index contributed by atoms with van der Waals surface area (Å²) in [6.45, 7) is 0.497. The number of carbonyl (C=O) groups excluding carboxylic acids is 1. The summed E-state index contributed by atoms with van der Waals surface area (Å²) < 4.78 is 25.1. The summed E-state index contributed by atoms with van der Waals surface area (Å²) in [5, 5.41) is 3.31. The van der Waals surface area contributed by atoms with E-state index in [-0.39, 0.29) is 36.3 Å². The molecule has 1 heterocycles. The maximum Gasteiger partial charge on any atom is 0.258 e. The lowest BCUT2D eigenvalue weighted by Gasteiger charge is -2.13. The molecule has 9 heteroatoms. The first-order chi connectivity index (χ1) is 15.0. The van der Waals surface area contributed by atoms with Gasteiger partial charge in [-0.15, -0.1) is 0 Å². The molecule has 1 amide bonds. The van der Waals surface area contributed by atoms with Crippen molar-refractivity contribution in [3.8, 4) is 11.6 Å².